The van der Waals surface area contributed by atoms with Crippen LogP contribution in [0.3, 0.4) is 0 Å². The lowest BCUT2D eigenvalue weighted by Crippen LogP contribution is -2.41. The molecule has 1 aromatic carbocycles. The molecule has 26 heavy (non-hydrogen) atoms. The second-order valence-corrected chi connectivity index (χ2v) is 6.32. The number of hydrogen-bond acceptors (Lipinski definition) is 4. The minimum absolute atomic E-state index is 0.321. The number of alkyl halides is 3. The van der Waals surface area contributed by atoms with Gasteiger partial charge in [0, 0.05) is 19.3 Å². The highest BCUT2D eigenvalue weighted by molar-refractivity contribution is 6.21. The summed E-state index contributed by atoms with van der Waals surface area (Å²) in [6.45, 7) is 0.861. The highest BCUT2D eigenvalue weighted by atomic mass is 19.4. The average Bonchev–Trinajstić information content (AvgIpc) is 3.19. The Morgan fingerprint density at radius 1 is 1.00 bits per heavy atom. The molecule has 0 radical (unpaired) electrons. The van der Waals surface area contributed by atoms with Gasteiger partial charge < -0.3 is 4.90 Å². The zero-order valence-electron chi connectivity index (χ0n) is 13.5. The first-order valence-electron chi connectivity index (χ1n) is 8.11. The van der Waals surface area contributed by atoms with Gasteiger partial charge in [0.1, 0.15) is 5.82 Å². The number of carbonyl (C=O) groups is 2. The van der Waals surface area contributed by atoms with E-state index in [2.05, 4.69) is 4.98 Å². The Morgan fingerprint density at radius 3 is 2.19 bits per heavy atom. The number of hydrogen-bond donors (Lipinski definition) is 0. The van der Waals surface area contributed by atoms with E-state index in [4.69, 9.17) is 0 Å². The maximum Gasteiger partial charge on any atom is 0.417 e. The fraction of sp³-hybridized carbons (Fsp3) is 0.278. The van der Waals surface area contributed by atoms with Crippen molar-refractivity contribution in [3.05, 3.63) is 59.3 Å². The fourth-order valence-electron chi connectivity index (χ4n) is 3.44. The van der Waals surface area contributed by atoms with Crippen LogP contribution in [0.1, 0.15) is 32.7 Å². The number of anilines is 1. The number of imide groups is 1. The van der Waals surface area contributed by atoms with Gasteiger partial charge in [-0.15, -0.1) is 0 Å². The third-order valence-corrected chi connectivity index (χ3v) is 4.75. The summed E-state index contributed by atoms with van der Waals surface area (Å²) < 4.78 is 37.9. The molecule has 2 aliphatic rings. The summed E-state index contributed by atoms with van der Waals surface area (Å²) in [5.74, 6) is -0.243. The van der Waals surface area contributed by atoms with Crippen LogP contribution in [-0.4, -0.2) is 40.8 Å². The number of pyridine rings is 1. The van der Waals surface area contributed by atoms with Crippen LogP contribution < -0.4 is 4.90 Å². The van der Waals surface area contributed by atoms with Crippen molar-refractivity contribution in [2.45, 2.75) is 18.6 Å². The van der Waals surface area contributed by atoms with Crippen LogP contribution in [0, 0.1) is 0 Å². The number of carbonyl (C=O) groups excluding carboxylic acids is 2. The third kappa shape index (κ3) is 2.61. The van der Waals surface area contributed by atoms with Crippen molar-refractivity contribution in [1.29, 1.82) is 0 Å². The average molecular weight is 361 g/mol. The van der Waals surface area contributed by atoms with Crippen LogP contribution in [0.5, 0.6) is 0 Å². The maximum absolute atomic E-state index is 12.6. The van der Waals surface area contributed by atoms with Gasteiger partial charge in [0.05, 0.1) is 22.7 Å². The molecule has 0 saturated carbocycles. The van der Waals surface area contributed by atoms with Crippen LogP contribution in [0.15, 0.2) is 42.6 Å². The Kier molecular flexibility index (Phi) is 3.71. The van der Waals surface area contributed by atoms with Crippen LogP contribution in [-0.2, 0) is 6.18 Å². The number of rotatable bonds is 2. The van der Waals surface area contributed by atoms with Gasteiger partial charge in [-0.3, -0.25) is 14.5 Å². The first-order chi connectivity index (χ1) is 12.4. The summed E-state index contributed by atoms with van der Waals surface area (Å²) in [5, 5.41) is 0. The van der Waals surface area contributed by atoms with Crippen LogP contribution in [0.2, 0.25) is 0 Å². The van der Waals surface area contributed by atoms with Crippen molar-refractivity contribution < 1.29 is 22.8 Å². The molecule has 4 rings (SSSR count). The third-order valence-electron chi connectivity index (χ3n) is 4.75. The molecule has 0 bridgehead atoms. The molecule has 3 heterocycles. The largest absolute Gasteiger partial charge is 0.417 e. The van der Waals surface area contributed by atoms with Gasteiger partial charge >= 0.3 is 6.18 Å². The van der Waals surface area contributed by atoms with Gasteiger partial charge in [-0.2, -0.15) is 13.2 Å². The number of amides is 2. The smallest absolute Gasteiger partial charge is 0.354 e. The highest BCUT2D eigenvalue weighted by Gasteiger charge is 2.42. The zero-order chi connectivity index (χ0) is 18.5. The molecule has 5 nitrogen and oxygen atoms in total. The lowest BCUT2D eigenvalue weighted by Gasteiger charge is -2.23. The molecule has 0 aliphatic carbocycles. The van der Waals surface area contributed by atoms with E-state index in [9.17, 15) is 22.8 Å². The normalized spacial score (nSPS) is 20.0. The maximum atomic E-state index is 12.6. The van der Waals surface area contributed by atoms with E-state index in [1.165, 1.54) is 11.0 Å². The van der Waals surface area contributed by atoms with E-state index >= 15 is 0 Å². The van der Waals surface area contributed by atoms with Crippen molar-refractivity contribution in [3.63, 3.8) is 0 Å². The number of fused-ring (bicyclic) bond motifs is 1. The molecule has 1 aromatic heterocycles. The Hall–Kier alpha value is -2.90. The van der Waals surface area contributed by atoms with Gasteiger partial charge in [0.2, 0.25) is 0 Å². The molecule has 1 fully saturated rings. The summed E-state index contributed by atoms with van der Waals surface area (Å²) in [4.78, 5) is 32.0. The second kappa shape index (κ2) is 5.82. The van der Waals surface area contributed by atoms with Crippen molar-refractivity contribution in [1.82, 2.24) is 9.88 Å². The van der Waals surface area contributed by atoms with Gasteiger partial charge in [-0.05, 0) is 30.7 Å². The minimum Gasteiger partial charge on any atom is -0.354 e. The van der Waals surface area contributed by atoms with Crippen LogP contribution in [0.4, 0.5) is 19.0 Å². The van der Waals surface area contributed by atoms with E-state index in [1.54, 1.807) is 29.2 Å². The molecule has 134 valence electrons. The van der Waals surface area contributed by atoms with Crippen molar-refractivity contribution in [2.24, 2.45) is 0 Å². The minimum atomic E-state index is -4.43. The fourth-order valence-corrected chi connectivity index (χ4v) is 3.44. The van der Waals surface area contributed by atoms with E-state index in [1.807, 2.05) is 0 Å². The monoisotopic (exact) mass is 361 g/mol. The van der Waals surface area contributed by atoms with E-state index in [-0.39, 0.29) is 17.9 Å². The van der Waals surface area contributed by atoms with Gasteiger partial charge in [0.15, 0.2) is 0 Å². The standard InChI is InChI=1S/C18H14F3N3O2/c19-18(20,21)11-5-6-15(22-9-11)23-8-7-12(10-23)24-16(25)13-3-1-2-4-14(13)17(24)26/h1-6,9,12H,7-8,10H2/t12-/m1/s1. The summed E-state index contributed by atoms with van der Waals surface area (Å²) in [7, 11) is 0. The molecular weight excluding hydrogens is 347 g/mol. The zero-order valence-corrected chi connectivity index (χ0v) is 13.5. The molecular formula is C18H14F3N3O2. The van der Waals surface area contributed by atoms with Crippen LogP contribution in [0.25, 0.3) is 0 Å². The summed E-state index contributed by atoms with van der Waals surface area (Å²) in [6.07, 6.45) is -3.09. The molecule has 8 heteroatoms. The SMILES string of the molecule is O=C1c2ccccc2C(=O)N1[C@@H]1CCN(c2ccc(C(F)(F)F)cn2)C1. The van der Waals surface area contributed by atoms with E-state index in [0.29, 0.717) is 36.5 Å². The molecule has 2 amide bonds. The van der Waals surface area contributed by atoms with Gasteiger partial charge in [-0.25, -0.2) is 4.98 Å². The van der Waals surface area contributed by atoms with E-state index < -0.39 is 11.7 Å². The predicted molar refractivity (Wildman–Crippen MR) is 86.8 cm³/mol. The van der Waals surface area contributed by atoms with Gasteiger partial charge in [-0.1, -0.05) is 12.1 Å². The lowest BCUT2D eigenvalue weighted by atomic mass is 10.1. The number of aromatic nitrogens is 1. The lowest BCUT2D eigenvalue weighted by molar-refractivity contribution is -0.137. The molecule has 2 aliphatic heterocycles. The second-order valence-electron chi connectivity index (χ2n) is 6.32. The first-order valence-corrected chi connectivity index (χ1v) is 8.11. The molecule has 0 N–H and O–H groups in total. The molecule has 0 spiro atoms. The van der Waals surface area contributed by atoms with Crippen molar-refractivity contribution >= 4 is 17.6 Å². The Bertz CT molecular complexity index is 845. The number of benzene rings is 1. The van der Waals surface area contributed by atoms with Crippen LogP contribution >= 0.6 is 0 Å². The highest BCUT2D eigenvalue weighted by Crippen LogP contribution is 2.32. The Labute approximate surface area is 147 Å². The van der Waals surface area contributed by atoms with Gasteiger partial charge in [0.25, 0.3) is 11.8 Å². The quantitative estimate of drug-likeness (QED) is 0.772. The topological polar surface area (TPSA) is 53.5 Å². The van der Waals surface area contributed by atoms with Crippen molar-refractivity contribution in [2.75, 3.05) is 18.0 Å². The number of halogens is 3. The summed E-state index contributed by atoms with van der Waals surface area (Å²) in [5.41, 5.74) is -0.0236. The van der Waals surface area contributed by atoms with E-state index in [0.717, 1.165) is 12.3 Å². The number of nitrogens with zero attached hydrogens (tertiary/aromatic N) is 3. The Balaban J connectivity index is 1.51. The Morgan fingerprint density at radius 2 is 1.65 bits per heavy atom. The molecule has 1 saturated heterocycles. The molecule has 2 aromatic rings. The summed E-state index contributed by atoms with van der Waals surface area (Å²) >= 11 is 0. The van der Waals surface area contributed by atoms with Crippen molar-refractivity contribution in [3.8, 4) is 0 Å². The molecule has 1 atom stereocenters. The summed E-state index contributed by atoms with van der Waals surface area (Å²) in [6, 6.07) is 8.64. The molecule has 0 unspecified atom stereocenters. The first kappa shape index (κ1) is 16.6. The predicted octanol–water partition coefficient (Wildman–Crippen LogP) is 2.98.